The van der Waals surface area contributed by atoms with Crippen LogP contribution in [0.3, 0.4) is 0 Å². The molecule has 2 aromatic carbocycles. The molecule has 6 rings (SSSR count). The highest BCUT2D eigenvalue weighted by molar-refractivity contribution is 7.98. The van der Waals surface area contributed by atoms with E-state index in [1.54, 1.807) is 18.1 Å². The van der Waals surface area contributed by atoms with Gasteiger partial charge in [0.1, 0.15) is 6.33 Å². The Morgan fingerprint density at radius 3 is 2.77 bits per heavy atom. The Bertz CT molecular complexity index is 1470. The Hall–Kier alpha value is -3.98. The van der Waals surface area contributed by atoms with E-state index in [1.165, 1.54) is 5.56 Å². The molecular weight excluding hydrogens is 410 g/mol. The molecule has 0 bridgehead atoms. The summed E-state index contributed by atoms with van der Waals surface area (Å²) in [6.07, 6.45) is 3.52. The van der Waals surface area contributed by atoms with E-state index in [4.69, 9.17) is 4.52 Å². The first kappa shape index (κ1) is 17.8. The van der Waals surface area contributed by atoms with E-state index in [-0.39, 0.29) is 0 Å². The molecule has 0 aliphatic carbocycles. The van der Waals surface area contributed by atoms with Gasteiger partial charge in [-0.25, -0.2) is 4.98 Å². The van der Waals surface area contributed by atoms with Gasteiger partial charge in [-0.05, 0) is 42.0 Å². The van der Waals surface area contributed by atoms with Crippen molar-refractivity contribution in [3.63, 3.8) is 0 Å². The number of pyridine rings is 1. The Morgan fingerprint density at radius 1 is 0.968 bits per heavy atom. The molecule has 0 spiro atoms. The van der Waals surface area contributed by atoms with Gasteiger partial charge in [-0.1, -0.05) is 41.2 Å². The van der Waals surface area contributed by atoms with Crippen LogP contribution in [0.1, 0.15) is 5.56 Å². The minimum absolute atomic E-state index is 0.479. The number of thioether (sulfide) groups is 1. The van der Waals surface area contributed by atoms with Crippen molar-refractivity contribution in [2.75, 3.05) is 0 Å². The highest BCUT2D eigenvalue weighted by atomic mass is 32.2. The number of aromatic amines is 1. The van der Waals surface area contributed by atoms with Crippen molar-refractivity contribution < 1.29 is 4.52 Å². The number of H-pyrrole nitrogens is 1. The predicted octanol–water partition coefficient (Wildman–Crippen LogP) is 4.61. The molecule has 0 aliphatic rings. The van der Waals surface area contributed by atoms with Crippen molar-refractivity contribution in [3.8, 4) is 22.8 Å². The smallest absolute Gasteiger partial charge is 0.258 e. The maximum absolute atomic E-state index is 5.48. The van der Waals surface area contributed by atoms with Crippen LogP contribution < -0.4 is 0 Å². The third-order valence-electron chi connectivity index (χ3n) is 4.93. The lowest BCUT2D eigenvalue weighted by atomic mass is 10.1. The Balaban J connectivity index is 1.17. The average Bonchev–Trinajstić information content (AvgIpc) is 3.56. The summed E-state index contributed by atoms with van der Waals surface area (Å²) in [6.45, 7) is 0. The van der Waals surface area contributed by atoms with Gasteiger partial charge in [0.2, 0.25) is 5.82 Å². The number of hydrogen-bond donors (Lipinski definition) is 1. The summed E-state index contributed by atoms with van der Waals surface area (Å²) in [5, 5.41) is 13.0. The summed E-state index contributed by atoms with van der Waals surface area (Å²) in [5.41, 5.74) is 5.65. The number of nitrogens with one attached hydrogen (secondary N) is 1. The van der Waals surface area contributed by atoms with E-state index in [9.17, 15) is 0 Å². The lowest BCUT2D eigenvalue weighted by Crippen LogP contribution is -1.86. The van der Waals surface area contributed by atoms with Crippen molar-refractivity contribution in [2.24, 2.45) is 0 Å². The number of rotatable bonds is 5. The van der Waals surface area contributed by atoms with Gasteiger partial charge in [0.05, 0.1) is 11.0 Å². The van der Waals surface area contributed by atoms with Crippen LogP contribution in [0.25, 0.3) is 39.5 Å². The third kappa shape index (κ3) is 3.44. The Labute approximate surface area is 180 Å². The minimum Gasteiger partial charge on any atom is -0.334 e. The van der Waals surface area contributed by atoms with Gasteiger partial charge < -0.3 is 9.51 Å². The first-order valence-corrected chi connectivity index (χ1v) is 10.6. The number of imidazole rings is 1. The quantitative estimate of drug-likeness (QED) is 0.403. The van der Waals surface area contributed by atoms with Gasteiger partial charge in [-0.2, -0.15) is 4.98 Å². The summed E-state index contributed by atoms with van der Waals surface area (Å²) in [6, 6.07) is 19.9. The molecule has 0 saturated heterocycles. The molecule has 6 aromatic rings. The fraction of sp³-hybridized carbons (Fsp3) is 0.0455. The van der Waals surface area contributed by atoms with Crippen molar-refractivity contribution in [1.82, 2.24) is 34.7 Å². The maximum Gasteiger partial charge on any atom is 0.258 e. The summed E-state index contributed by atoms with van der Waals surface area (Å²) >= 11 is 1.67. The zero-order valence-electron chi connectivity index (χ0n) is 16.1. The van der Waals surface area contributed by atoms with Crippen molar-refractivity contribution >= 4 is 28.4 Å². The predicted molar refractivity (Wildman–Crippen MR) is 117 cm³/mol. The fourth-order valence-electron chi connectivity index (χ4n) is 3.31. The maximum atomic E-state index is 5.48. The normalized spacial score (nSPS) is 11.5. The van der Waals surface area contributed by atoms with E-state index in [0.717, 1.165) is 38.7 Å². The molecule has 0 aliphatic heterocycles. The Kier molecular flexibility index (Phi) is 4.24. The standard InChI is InChI=1S/C22H15N7OS/c1-2-4-18-17(3-1)24-22(25-18)31-12-14-5-7-15(8-6-14)21-26-20(28-30-21)16-9-10-29-13-23-27-19(29)11-16/h1-11,13H,12H2,(H,24,25). The van der Waals surface area contributed by atoms with E-state index in [0.29, 0.717) is 11.7 Å². The molecular formula is C22H15N7OS. The molecule has 1 N–H and O–H groups in total. The second kappa shape index (κ2) is 7.37. The van der Waals surface area contributed by atoms with E-state index in [2.05, 4.69) is 42.4 Å². The molecule has 0 radical (unpaired) electrons. The van der Waals surface area contributed by atoms with Gasteiger partial charge in [0, 0.05) is 23.1 Å². The van der Waals surface area contributed by atoms with Gasteiger partial charge in [0.25, 0.3) is 5.89 Å². The molecule has 4 aromatic heterocycles. The highest BCUT2D eigenvalue weighted by Crippen LogP contribution is 2.26. The summed E-state index contributed by atoms with van der Waals surface area (Å²) in [4.78, 5) is 12.5. The molecule has 0 unspecified atom stereocenters. The zero-order chi connectivity index (χ0) is 20.6. The monoisotopic (exact) mass is 425 g/mol. The number of fused-ring (bicyclic) bond motifs is 2. The Morgan fingerprint density at radius 2 is 1.87 bits per heavy atom. The third-order valence-corrected chi connectivity index (χ3v) is 5.87. The first-order chi connectivity index (χ1) is 15.3. The van der Waals surface area contributed by atoms with E-state index >= 15 is 0 Å². The van der Waals surface area contributed by atoms with Gasteiger partial charge in [-0.3, -0.25) is 4.40 Å². The van der Waals surface area contributed by atoms with Crippen LogP contribution in [0, 0.1) is 0 Å². The summed E-state index contributed by atoms with van der Waals surface area (Å²) in [7, 11) is 0. The van der Waals surface area contributed by atoms with Gasteiger partial charge in [-0.15, -0.1) is 10.2 Å². The first-order valence-electron chi connectivity index (χ1n) is 9.62. The molecule has 0 amide bonds. The van der Waals surface area contributed by atoms with Crippen molar-refractivity contribution in [3.05, 3.63) is 78.8 Å². The van der Waals surface area contributed by atoms with Crippen molar-refractivity contribution in [2.45, 2.75) is 10.9 Å². The number of aromatic nitrogens is 7. The molecule has 9 heteroatoms. The van der Waals surface area contributed by atoms with E-state index in [1.807, 2.05) is 59.1 Å². The van der Waals surface area contributed by atoms with Crippen LogP contribution in [0.2, 0.25) is 0 Å². The van der Waals surface area contributed by atoms with E-state index < -0.39 is 0 Å². The number of para-hydroxylation sites is 2. The molecule has 150 valence electrons. The van der Waals surface area contributed by atoms with Gasteiger partial charge >= 0.3 is 0 Å². The second-order valence-corrected chi connectivity index (χ2v) is 7.94. The number of nitrogens with zero attached hydrogens (tertiary/aromatic N) is 6. The van der Waals surface area contributed by atoms with Crippen LogP contribution in [0.15, 0.2) is 82.9 Å². The zero-order valence-corrected chi connectivity index (χ0v) is 17.0. The van der Waals surface area contributed by atoms with Crippen LogP contribution in [-0.4, -0.2) is 34.7 Å². The van der Waals surface area contributed by atoms with Crippen LogP contribution in [-0.2, 0) is 5.75 Å². The molecule has 4 heterocycles. The van der Waals surface area contributed by atoms with Crippen molar-refractivity contribution in [1.29, 1.82) is 0 Å². The molecule has 0 atom stereocenters. The fourth-order valence-corrected chi connectivity index (χ4v) is 4.15. The van der Waals surface area contributed by atoms with Crippen LogP contribution in [0.5, 0.6) is 0 Å². The lowest BCUT2D eigenvalue weighted by Gasteiger charge is -2.00. The summed E-state index contributed by atoms with van der Waals surface area (Å²) < 4.78 is 7.30. The SMILES string of the molecule is c1ccc2[nH]c(SCc3ccc(-c4nc(-c5ccn6cnnc6c5)no4)cc3)nc2c1. The molecule has 8 nitrogen and oxygen atoms in total. The largest absolute Gasteiger partial charge is 0.334 e. The molecule has 31 heavy (non-hydrogen) atoms. The van der Waals surface area contributed by atoms with Crippen LogP contribution >= 0.6 is 11.8 Å². The van der Waals surface area contributed by atoms with Crippen LogP contribution in [0.4, 0.5) is 0 Å². The van der Waals surface area contributed by atoms with Gasteiger partial charge in [0.15, 0.2) is 10.8 Å². The lowest BCUT2D eigenvalue weighted by molar-refractivity contribution is 0.432. The second-order valence-electron chi connectivity index (χ2n) is 6.98. The number of hydrogen-bond acceptors (Lipinski definition) is 7. The highest BCUT2D eigenvalue weighted by Gasteiger charge is 2.12. The topological polar surface area (TPSA) is 97.8 Å². The summed E-state index contributed by atoms with van der Waals surface area (Å²) in [5.74, 6) is 1.81. The molecule has 0 fully saturated rings. The minimum atomic E-state index is 0.479. The molecule has 0 saturated carbocycles. The average molecular weight is 425 g/mol. The number of benzene rings is 2.